The summed E-state index contributed by atoms with van der Waals surface area (Å²) in [7, 11) is 0. The van der Waals surface area contributed by atoms with Gasteiger partial charge in [-0.15, -0.1) is 11.3 Å². The van der Waals surface area contributed by atoms with Crippen molar-refractivity contribution in [3.63, 3.8) is 0 Å². The van der Waals surface area contributed by atoms with Crippen LogP contribution in [0.1, 0.15) is 22.7 Å². The summed E-state index contributed by atoms with van der Waals surface area (Å²) in [5.41, 5.74) is 12.6. The van der Waals surface area contributed by atoms with Crippen molar-refractivity contribution in [1.29, 1.82) is 0 Å². The van der Waals surface area contributed by atoms with Crippen molar-refractivity contribution in [3.05, 3.63) is 107 Å². The molecule has 1 aromatic heterocycles. The molecule has 0 bridgehead atoms. The fraction of sp³-hybridized carbons (Fsp3) is 0.185. The van der Waals surface area contributed by atoms with Crippen LogP contribution in [0.15, 0.2) is 83.3 Å². The molecule has 0 saturated carbocycles. The number of hydrazone groups is 1. The standard InChI is InChI=1S/C27H26F2N6S/c28-22-7-3-20(4-8-22)26(21-5-9-23(29)10-6-21)35-15-13-34(14-16-35)24-11-1-19(2-12-24)17-31-33-27-32-25(30)18-36-27/h1-12,17-18,26H,13-16,30H2,(H,32,33). The van der Waals surface area contributed by atoms with E-state index in [4.69, 9.17) is 5.73 Å². The van der Waals surface area contributed by atoms with E-state index in [-0.39, 0.29) is 17.7 Å². The summed E-state index contributed by atoms with van der Waals surface area (Å²) in [5, 5.41) is 6.62. The Morgan fingerprint density at radius 3 is 1.97 bits per heavy atom. The van der Waals surface area contributed by atoms with Crippen LogP contribution in [0.5, 0.6) is 0 Å². The summed E-state index contributed by atoms with van der Waals surface area (Å²) in [4.78, 5) is 8.83. The van der Waals surface area contributed by atoms with Gasteiger partial charge in [0.05, 0.1) is 12.3 Å². The minimum absolute atomic E-state index is 0.0624. The quantitative estimate of drug-likeness (QED) is 0.262. The number of halogens is 2. The van der Waals surface area contributed by atoms with Crippen molar-refractivity contribution in [2.45, 2.75) is 6.04 Å². The van der Waals surface area contributed by atoms with E-state index in [2.05, 4.69) is 37.4 Å². The van der Waals surface area contributed by atoms with Crippen molar-refractivity contribution in [2.75, 3.05) is 42.2 Å². The molecule has 0 spiro atoms. The Kier molecular flexibility index (Phi) is 7.20. The third kappa shape index (κ3) is 5.69. The average molecular weight is 505 g/mol. The van der Waals surface area contributed by atoms with Gasteiger partial charge in [0.2, 0.25) is 5.13 Å². The first kappa shape index (κ1) is 23.9. The van der Waals surface area contributed by atoms with Crippen LogP contribution in [-0.2, 0) is 0 Å². The maximum atomic E-state index is 13.6. The molecule has 4 aromatic rings. The number of hydrogen-bond donors (Lipinski definition) is 2. The predicted molar refractivity (Wildman–Crippen MR) is 143 cm³/mol. The van der Waals surface area contributed by atoms with E-state index in [0.29, 0.717) is 10.9 Å². The Morgan fingerprint density at radius 2 is 1.44 bits per heavy atom. The van der Waals surface area contributed by atoms with Crippen LogP contribution in [0, 0.1) is 11.6 Å². The van der Waals surface area contributed by atoms with Crippen LogP contribution >= 0.6 is 11.3 Å². The molecule has 1 saturated heterocycles. The Hall–Kier alpha value is -3.82. The largest absolute Gasteiger partial charge is 0.383 e. The van der Waals surface area contributed by atoms with Crippen LogP contribution in [0.3, 0.4) is 0 Å². The number of anilines is 3. The SMILES string of the molecule is Nc1csc(NN=Cc2ccc(N3CCN(C(c4ccc(F)cc4)c4ccc(F)cc4)CC3)cc2)n1. The van der Waals surface area contributed by atoms with Crippen LogP contribution in [0.25, 0.3) is 0 Å². The Bertz CT molecular complexity index is 1250. The lowest BCUT2D eigenvalue weighted by atomic mass is 9.96. The predicted octanol–water partition coefficient (Wildman–Crippen LogP) is 5.36. The normalized spacial score (nSPS) is 14.6. The highest BCUT2D eigenvalue weighted by atomic mass is 32.1. The molecule has 0 amide bonds. The van der Waals surface area contributed by atoms with Gasteiger partial charge in [-0.05, 0) is 53.1 Å². The third-order valence-electron chi connectivity index (χ3n) is 6.20. The fourth-order valence-electron chi connectivity index (χ4n) is 4.41. The lowest BCUT2D eigenvalue weighted by Gasteiger charge is -2.40. The molecular formula is C27H26F2N6S. The zero-order chi connectivity index (χ0) is 24.9. The molecule has 3 aromatic carbocycles. The number of nitrogen functional groups attached to an aromatic ring is 1. The van der Waals surface area contributed by atoms with Crippen LogP contribution in [0.2, 0.25) is 0 Å². The summed E-state index contributed by atoms with van der Waals surface area (Å²) < 4.78 is 27.1. The maximum Gasteiger partial charge on any atom is 0.205 e. The number of piperazine rings is 1. The van der Waals surface area contributed by atoms with E-state index in [0.717, 1.165) is 48.6 Å². The number of nitrogens with one attached hydrogen (secondary N) is 1. The van der Waals surface area contributed by atoms with Gasteiger partial charge in [-0.25, -0.2) is 13.8 Å². The molecule has 6 nitrogen and oxygen atoms in total. The molecule has 0 unspecified atom stereocenters. The summed E-state index contributed by atoms with van der Waals surface area (Å²) in [6.45, 7) is 3.34. The van der Waals surface area contributed by atoms with Gasteiger partial charge < -0.3 is 10.6 Å². The smallest absolute Gasteiger partial charge is 0.205 e. The second kappa shape index (κ2) is 10.8. The van der Waals surface area contributed by atoms with E-state index in [1.165, 1.54) is 35.6 Å². The van der Waals surface area contributed by atoms with Gasteiger partial charge in [0.25, 0.3) is 0 Å². The summed E-state index contributed by atoms with van der Waals surface area (Å²) in [5.74, 6) is -0.0547. The summed E-state index contributed by atoms with van der Waals surface area (Å²) >= 11 is 1.40. The number of rotatable bonds is 7. The van der Waals surface area contributed by atoms with Crippen molar-refractivity contribution >= 4 is 34.2 Å². The van der Waals surface area contributed by atoms with Gasteiger partial charge in [-0.1, -0.05) is 36.4 Å². The van der Waals surface area contributed by atoms with E-state index in [1.807, 2.05) is 36.4 Å². The minimum atomic E-state index is -0.265. The Labute approximate surface area is 212 Å². The van der Waals surface area contributed by atoms with E-state index in [1.54, 1.807) is 11.6 Å². The molecule has 0 atom stereocenters. The van der Waals surface area contributed by atoms with Crippen molar-refractivity contribution in [2.24, 2.45) is 5.10 Å². The number of thiazole rings is 1. The van der Waals surface area contributed by atoms with E-state index < -0.39 is 0 Å². The molecule has 3 N–H and O–H groups in total. The number of nitrogens with two attached hydrogens (primary N) is 1. The second-order valence-corrected chi connectivity index (χ2v) is 9.43. The molecule has 184 valence electrons. The van der Waals surface area contributed by atoms with Gasteiger partial charge >= 0.3 is 0 Å². The molecule has 2 heterocycles. The number of nitrogens with zero attached hydrogens (tertiary/aromatic N) is 4. The first-order valence-electron chi connectivity index (χ1n) is 11.7. The molecule has 5 rings (SSSR count). The number of hydrogen-bond acceptors (Lipinski definition) is 7. The fourth-order valence-corrected chi connectivity index (χ4v) is 4.96. The zero-order valence-electron chi connectivity index (χ0n) is 19.5. The Balaban J connectivity index is 1.24. The monoisotopic (exact) mass is 504 g/mol. The topological polar surface area (TPSA) is 69.8 Å². The third-order valence-corrected chi connectivity index (χ3v) is 6.97. The number of benzene rings is 3. The molecule has 1 fully saturated rings. The van der Waals surface area contributed by atoms with Gasteiger partial charge in [0, 0.05) is 37.2 Å². The average Bonchev–Trinajstić information content (AvgIpc) is 3.32. The highest BCUT2D eigenvalue weighted by Gasteiger charge is 2.26. The number of aromatic nitrogens is 1. The molecule has 0 radical (unpaired) electrons. The van der Waals surface area contributed by atoms with E-state index in [9.17, 15) is 8.78 Å². The van der Waals surface area contributed by atoms with Crippen molar-refractivity contribution < 1.29 is 8.78 Å². The van der Waals surface area contributed by atoms with Gasteiger partial charge in [-0.2, -0.15) is 5.10 Å². The molecule has 1 aliphatic rings. The van der Waals surface area contributed by atoms with Gasteiger partial charge in [-0.3, -0.25) is 10.3 Å². The summed E-state index contributed by atoms with van der Waals surface area (Å²) in [6, 6.07) is 21.4. The lowest BCUT2D eigenvalue weighted by Crippen LogP contribution is -2.48. The van der Waals surface area contributed by atoms with E-state index >= 15 is 0 Å². The van der Waals surface area contributed by atoms with Crippen LogP contribution in [-0.4, -0.2) is 42.3 Å². The first-order valence-corrected chi connectivity index (χ1v) is 12.5. The van der Waals surface area contributed by atoms with Crippen molar-refractivity contribution in [3.8, 4) is 0 Å². The first-order chi connectivity index (χ1) is 17.5. The lowest BCUT2D eigenvalue weighted by molar-refractivity contribution is 0.212. The molecule has 1 aliphatic heterocycles. The molecular weight excluding hydrogens is 478 g/mol. The minimum Gasteiger partial charge on any atom is -0.383 e. The van der Waals surface area contributed by atoms with Crippen LogP contribution < -0.4 is 16.1 Å². The van der Waals surface area contributed by atoms with Crippen molar-refractivity contribution in [1.82, 2.24) is 9.88 Å². The van der Waals surface area contributed by atoms with Gasteiger partial charge in [0.15, 0.2) is 0 Å². The Morgan fingerprint density at radius 1 is 0.861 bits per heavy atom. The zero-order valence-corrected chi connectivity index (χ0v) is 20.3. The van der Waals surface area contributed by atoms with Crippen LogP contribution in [0.4, 0.5) is 25.4 Å². The summed E-state index contributed by atoms with van der Waals surface area (Å²) in [6.07, 6.45) is 1.75. The highest BCUT2D eigenvalue weighted by molar-refractivity contribution is 7.14. The maximum absolute atomic E-state index is 13.6. The highest BCUT2D eigenvalue weighted by Crippen LogP contribution is 2.31. The second-order valence-electron chi connectivity index (χ2n) is 8.57. The van der Waals surface area contributed by atoms with Gasteiger partial charge in [0.1, 0.15) is 17.5 Å². The molecule has 9 heteroatoms. The molecule has 36 heavy (non-hydrogen) atoms. The molecule has 0 aliphatic carbocycles.